The molecule has 2 aromatic rings. The zero-order valence-corrected chi connectivity index (χ0v) is 9.93. The van der Waals surface area contributed by atoms with E-state index in [-0.39, 0.29) is 0 Å². The van der Waals surface area contributed by atoms with Crippen molar-refractivity contribution in [1.82, 2.24) is 19.9 Å². The molecule has 0 aliphatic carbocycles. The molecule has 0 saturated carbocycles. The Morgan fingerprint density at radius 2 is 2.41 bits per heavy atom. The van der Waals surface area contributed by atoms with E-state index in [1.54, 1.807) is 6.20 Å². The maximum Gasteiger partial charge on any atom is 0.126 e. The molecule has 17 heavy (non-hydrogen) atoms. The summed E-state index contributed by atoms with van der Waals surface area (Å²) >= 11 is 0. The van der Waals surface area contributed by atoms with E-state index in [1.807, 2.05) is 18.3 Å². The van der Waals surface area contributed by atoms with Crippen molar-refractivity contribution in [2.24, 2.45) is 0 Å². The van der Waals surface area contributed by atoms with Gasteiger partial charge >= 0.3 is 0 Å². The van der Waals surface area contributed by atoms with E-state index in [2.05, 4.69) is 28.0 Å². The number of nitrogens with one attached hydrogen (secondary N) is 1. The van der Waals surface area contributed by atoms with Gasteiger partial charge in [0.15, 0.2) is 0 Å². The molecular formula is C13H16N4. The van der Waals surface area contributed by atoms with Crippen LogP contribution in [-0.2, 0) is 6.54 Å². The highest BCUT2D eigenvalue weighted by Crippen LogP contribution is 2.22. The Kier molecular flexibility index (Phi) is 2.65. The SMILES string of the molecule is C[C@H]1NCCCn2cc(-c3cccnc3)nc21. The molecule has 88 valence electrons. The fraction of sp³-hybridized carbons (Fsp3) is 0.385. The molecule has 3 heterocycles. The molecular weight excluding hydrogens is 212 g/mol. The van der Waals surface area contributed by atoms with Gasteiger partial charge in [0.1, 0.15) is 5.82 Å². The van der Waals surface area contributed by atoms with E-state index < -0.39 is 0 Å². The van der Waals surface area contributed by atoms with Gasteiger partial charge in [-0.2, -0.15) is 0 Å². The molecule has 0 unspecified atom stereocenters. The number of nitrogens with zero attached hydrogens (tertiary/aromatic N) is 3. The van der Waals surface area contributed by atoms with E-state index in [1.165, 1.54) is 0 Å². The smallest absolute Gasteiger partial charge is 0.126 e. The van der Waals surface area contributed by atoms with Crippen molar-refractivity contribution in [2.75, 3.05) is 6.54 Å². The monoisotopic (exact) mass is 228 g/mol. The van der Waals surface area contributed by atoms with Crippen molar-refractivity contribution in [3.05, 3.63) is 36.5 Å². The predicted molar refractivity (Wildman–Crippen MR) is 66.5 cm³/mol. The third-order valence-corrected chi connectivity index (χ3v) is 3.18. The first-order valence-electron chi connectivity index (χ1n) is 6.05. The van der Waals surface area contributed by atoms with Gasteiger partial charge < -0.3 is 9.88 Å². The zero-order chi connectivity index (χ0) is 11.7. The highest BCUT2D eigenvalue weighted by molar-refractivity contribution is 5.57. The molecule has 1 atom stereocenters. The molecule has 0 fully saturated rings. The van der Waals surface area contributed by atoms with Crippen LogP contribution < -0.4 is 5.32 Å². The summed E-state index contributed by atoms with van der Waals surface area (Å²) in [5.74, 6) is 1.13. The fourth-order valence-corrected chi connectivity index (χ4v) is 2.27. The first kappa shape index (κ1) is 10.5. The number of hydrogen-bond donors (Lipinski definition) is 1. The lowest BCUT2D eigenvalue weighted by Crippen LogP contribution is -2.18. The van der Waals surface area contributed by atoms with Crippen LogP contribution in [0.4, 0.5) is 0 Å². The van der Waals surface area contributed by atoms with Crippen molar-refractivity contribution in [1.29, 1.82) is 0 Å². The maximum atomic E-state index is 4.72. The van der Waals surface area contributed by atoms with Crippen molar-refractivity contribution in [3.63, 3.8) is 0 Å². The summed E-state index contributed by atoms with van der Waals surface area (Å²) in [6, 6.07) is 4.32. The lowest BCUT2D eigenvalue weighted by atomic mass is 10.2. The summed E-state index contributed by atoms with van der Waals surface area (Å²) in [5.41, 5.74) is 2.10. The van der Waals surface area contributed by atoms with Crippen LogP contribution >= 0.6 is 0 Å². The van der Waals surface area contributed by atoms with Crippen LogP contribution in [0.3, 0.4) is 0 Å². The number of imidazole rings is 1. The second-order valence-electron chi connectivity index (χ2n) is 4.45. The second-order valence-corrected chi connectivity index (χ2v) is 4.45. The van der Waals surface area contributed by atoms with Crippen LogP contribution in [0.15, 0.2) is 30.7 Å². The van der Waals surface area contributed by atoms with Gasteiger partial charge in [-0.3, -0.25) is 4.98 Å². The van der Waals surface area contributed by atoms with E-state index in [4.69, 9.17) is 4.98 Å². The van der Waals surface area contributed by atoms with Crippen molar-refractivity contribution in [3.8, 4) is 11.3 Å². The number of aromatic nitrogens is 3. The molecule has 4 nitrogen and oxygen atoms in total. The first-order valence-corrected chi connectivity index (χ1v) is 6.05. The van der Waals surface area contributed by atoms with Crippen LogP contribution in [-0.4, -0.2) is 21.1 Å². The topological polar surface area (TPSA) is 42.7 Å². The number of rotatable bonds is 1. The van der Waals surface area contributed by atoms with Gasteiger partial charge in [-0.1, -0.05) is 0 Å². The molecule has 0 spiro atoms. The standard InChI is InChI=1S/C13H16N4/c1-10-13-16-12(11-4-2-5-14-8-11)9-17(13)7-3-6-15-10/h2,4-5,8-10,15H,3,6-7H2,1H3/t10-/m1/s1. The summed E-state index contributed by atoms with van der Waals surface area (Å²) in [6.45, 7) is 4.27. The molecule has 0 aromatic carbocycles. The van der Waals surface area contributed by atoms with E-state index in [9.17, 15) is 0 Å². The highest BCUT2D eigenvalue weighted by atomic mass is 15.1. The quantitative estimate of drug-likeness (QED) is 0.811. The van der Waals surface area contributed by atoms with Gasteiger partial charge in [-0.25, -0.2) is 4.98 Å². The van der Waals surface area contributed by atoms with Crippen LogP contribution in [0, 0.1) is 0 Å². The van der Waals surface area contributed by atoms with Crippen LogP contribution in [0.2, 0.25) is 0 Å². The number of fused-ring (bicyclic) bond motifs is 1. The third-order valence-electron chi connectivity index (χ3n) is 3.18. The van der Waals surface area contributed by atoms with Crippen molar-refractivity contribution in [2.45, 2.75) is 25.9 Å². The molecule has 2 aromatic heterocycles. The van der Waals surface area contributed by atoms with Crippen molar-refractivity contribution >= 4 is 0 Å². The van der Waals surface area contributed by atoms with Gasteiger partial charge in [0, 0.05) is 30.7 Å². The Labute approximate surface area is 101 Å². The van der Waals surface area contributed by atoms with Crippen LogP contribution in [0.1, 0.15) is 25.2 Å². The Balaban J connectivity index is 2.02. The minimum atomic E-state index is 0.322. The number of pyridine rings is 1. The molecule has 0 saturated heterocycles. The molecule has 0 radical (unpaired) electrons. The molecule has 4 heteroatoms. The van der Waals surface area contributed by atoms with E-state index in [0.29, 0.717) is 6.04 Å². The van der Waals surface area contributed by atoms with Crippen LogP contribution in [0.25, 0.3) is 11.3 Å². The molecule has 0 bridgehead atoms. The van der Waals surface area contributed by atoms with Crippen LogP contribution in [0.5, 0.6) is 0 Å². The Morgan fingerprint density at radius 1 is 1.47 bits per heavy atom. The van der Waals surface area contributed by atoms with Gasteiger partial charge in [0.25, 0.3) is 0 Å². The Bertz CT molecular complexity index is 503. The highest BCUT2D eigenvalue weighted by Gasteiger charge is 2.17. The summed E-state index contributed by atoms with van der Waals surface area (Å²) in [5, 5.41) is 3.47. The van der Waals surface area contributed by atoms with Gasteiger partial charge in [-0.15, -0.1) is 0 Å². The van der Waals surface area contributed by atoms with Gasteiger partial charge in [0.2, 0.25) is 0 Å². The lowest BCUT2D eigenvalue weighted by molar-refractivity contribution is 0.571. The van der Waals surface area contributed by atoms with Gasteiger partial charge in [-0.05, 0) is 32.0 Å². The molecule has 1 N–H and O–H groups in total. The second kappa shape index (κ2) is 4.30. The lowest BCUT2D eigenvalue weighted by Gasteiger charge is -2.08. The van der Waals surface area contributed by atoms with E-state index in [0.717, 1.165) is 36.6 Å². The predicted octanol–water partition coefficient (Wildman–Crippen LogP) is 2.00. The summed E-state index contributed by atoms with van der Waals surface area (Å²) in [4.78, 5) is 8.86. The number of hydrogen-bond acceptors (Lipinski definition) is 3. The Morgan fingerprint density at radius 3 is 3.24 bits per heavy atom. The first-order chi connectivity index (χ1) is 8.34. The minimum absolute atomic E-state index is 0.322. The summed E-state index contributed by atoms with van der Waals surface area (Å²) in [7, 11) is 0. The average molecular weight is 228 g/mol. The molecule has 1 aliphatic rings. The van der Waals surface area contributed by atoms with Crippen molar-refractivity contribution < 1.29 is 0 Å². The van der Waals surface area contributed by atoms with Gasteiger partial charge in [0.05, 0.1) is 11.7 Å². The molecule has 3 rings (SSSR count). The maximum absolute atomic E-state index is 4.72. The third kappa shape index (κ3) is 1.96. The normalized spacial score (nSPS) is 19.7. The molecule has 1 aliphatic heterocycles. The summed E-state index contributed by atoms with van der Waals surface area (Å²) < 4.78 is 2.26. The minimum Gasteiger partial charge on any atom is -0.333 e. The fourth-order valence-electron chi connectivity index (χ4n) is 2.27. The zero-order valence-electron chi connectivity index (χ0n) is 9.93. The largest absolute Gasteiger partial charge is 0.333 e. The average Bonchev–Trinajstić information content (AvgIpc) is 2.72. The summed E-state index contributed by atoms with van der Waals surface area (Å²) in [6.07, 6.45) is 6.94. The number of aryl methyl sites for hydroxylation is 1. The molecule has 0 amide bonds. The van der Waals surface area contributed by atoms with E-state index >= 15 is 0 Å². The Hall–Kier alpha value is -1.68.